The van der Waals surface area contributed by atoms with E-state index in [2.05, 4.69) is 40.0 Å². The Morgan fingerprint density at radius 3 is 2.71 bits per heavy atom. The number of piperidine rings is 1. The summed E-state index contributed by atoms with van der Waals surface area (Å²) in [6, 6.07) is 10.1. The van der Waals surface area contributed by atoms with Gasteiger partial charge in [0.25, 0.3) is 0 Å². The molecule has 2 amide bonds. The van der Waals surface area contributed by atoms with E-state index in [1.54, 1.807) is 11.3 Å². The van der Waals surface area contributed by atoms with Gasteiger partial charge in [0.2, 0.25) is 0 Å². The molecular formula is C24H33N3O3S. The van der Waals surface area contributed by atoms with Crippen LogP contribution in [0.4, 0.5) is 4.79 Å². The van der Waals surface area contributed by atoms with Crippen LogP contribution in [-0.4, -0.2) is 43.8 Å². The number of likely N-dealkylation sites (tertiary alicyclic amines) is 1. The van der Waals surface area contributed by atoms with Crippen LogP contribution in [-0.2, 0) is 0 Å². The zero-order valence-corrected chi connectivity index (χ0v) is 19.2. The molecule has 3 heterocycles. The number of ether oxygens (including phenoxy) is 2. The van der Waals surface area contributed by atoms with Crippen molar-refractivity contribution in [2.45, 2.75) is 45.2 Å². The maximum Gasteiger partial charge on any atom is 0.315 e. The third kappa shape index (κ3) is 5.71. The smallest absolute Gasteiger partial charge is 0.315 e. The molecule has 2 aliphatic rings. The molecule has 0 radical (unpaired) electrons. The van der Waals surface area contributed by atoms with Crippen LogP contribution in [0.25, 0.3) is 0 Å². The topological polar surface area (TPSA) is 62.8 Å². The molecule has 6 nitrogen and oxygen atoms in total. The summed E-state index contributed by atoms with van der Waals surface area (Å²) in [6.45, 7) is 8.41. The van der Waals surface area contributed by atoms with Gasteiger partial charge in [-0.05, 0) is 67.9 Å². The number of urea groups is 1. The second kappa shape index (κ2) is 10.4. The lowest BCUT2D eigenvalue weighted by Gasteiger charge is -2.36. The summed E-state index contributed by atoms with van der Waals surface area (Å²) in [7, 11) is 0. The number of fused-ring (bicyclic) bond motifs is 1. The minimum Gasteiger partial charge on any atom is -0.490 e. The molecule has 0 spiro atoms. The number of carbonyl (C=O) groups excluding carboxylic acids is 1. The fourth-order valence-corrected chi connectivity index (χ4v) is 5.06. The van der Waals surface area contributed by atoms with E-state index in [0.717, 1.165) is 42.5 Å². The second-order valence-electron chi connectivity index (χ2n) is 8.58. The molecular weight excluding hydrogens is 410 g/mol. The van der Waals surface area contributed by atoms with Gasteiger partial charge in [0.15, 0.2) is 11.5 Å². The fraction of sp³-hybridized carbons (Fsp3) is 0.542. The first-order chi connectivity index (χ1) is 15.1. The predicted octanol–water partition coefficient (Wildman–Crippen LogP) is 4.74. The highest BCUT2D eigenvalue weighted by Gasteiger charge is 2.26. The van der Waals surface area contributed by atoms with Crippen LogP contribution < -0.4 is 20.1 Å². The third-order valence-electron chi connectivity index (χ3n) is 6.21. The Hall–Kier alpha value is -2.25. The van der Waals surface area contributed by atoms with Crippen LogP contribution in [0.3, 0.4) is 0 Å². The van der Waals surface area contributed by atoms with Crippen molar-refractivity contribution in [2.75, 3.05) is 32.8 Å². The number of amides is 2. The van der Waals surface area contributed by atoms with Crippen LogP contribution in [0.5, 0.6) is 11.5 Å². The van der Waals surface area contributed by atoms with Gasteiger partial charge >= 0.3 is 6.03 Å². The van der Waals surface area contributed by atoms with Crippen LogP contribution in [0.1, 0.15) is 55.6 Å². The van der Waals surface area contributed by atoms with Gasteiger partial charge in [-0.3, -0.25) is 4.90 Å². The Labute approximate surface area is 188 Å². The molecule has 2 aliphatic heterocycles. The summed E-state index contributed by atoms with van der Waals surface area (Å²) >= 11 is 1.76. The molecule has 0 aliphatic carbocycles. The maximum absolute atomic E-state index is 12.7. The Bertz CT molecular complexity index is 850. The number of hydrogen-bond donors (Lipinski definition) is 2. The van der Waals surface area contributed by atoms with Crippen molar-refractivity contribution in [2.24, 2.45) is 5.92 Å². The largest absolute Gasteiger partial charge is 0.490 e. The SMILES string of the molecule is CC1CCN(C(CNC(=O)NC(C)c2ccc3c(c2)OCCCO3)c2cccs2)CC1. The molecule has 2 unspecified atom stereocenters. The van der Waals surface area contributed by atoms with Crippen LogP contribution in [0.15, 0.2) is 35.7 Å². The molecule has 1 aromatic carbocycles. The van der Waals surface area contributed by atoms with Crippen LogP contribution in [0.2, 0.25) is 0 Å². The lowest BCUT2D eigenvalue weighted by atomic mass is 9.97. The van der Waals surface area contributed by atoms with Gasteiger partial charge in [-0.15, -0.1) is 11.3 Å². The van der Waals surface area contributed by atoms with Crippen molar-refractivity contribution in [3.05, 3.63) is 46.2 Å². The van der Waals surface area contributed by atoms with E-state index in [-0.39, 0.29) is 18.1 Å². The van der Waals surface area contributed by atoms with E-state index >= 15 is 0 Å². The Morgan fingerprint density at radius 2 is 1.97 bits per heavy atom. The summed E-state index contributed by atoms with van der Waals surface area (Å²) in [6.07, 6.45) is 3.31. The number of benzene rings is 1. The third-order valence-corrected chi connectivity index (χ3v) is 7.18. The van der Waals surface area contributed by atoms with E-state index in [4.69, 9.17) is 9.47 Å². The van der Waals surface area contributed by atoms with Gasteiger partial charge in [0, 0.05) is 17.8 Å². The molecule has 4 rings (SSSR count). The quantitative estimate of drug-likeness (QED) is 0.677. The molecule has 1 aromatic heterocycles. The highest BCUT2D eigenvalue weighted by molar-refractivity contribution is 7.10. The van der Waals surface area contributed by atoms with E-state index in [9.17, 15) is 4.79 Å². The summed E-state index contributed by atoms with van der Waals surface area (Å²) in [5.41, 5.74) is 0.999. The zero-order valence-electron chi connectivity index (χ0n) is 18.4. The van der Waals surface area contributed by atoms with Crippen molar-refractivity contribution in [3.63, 3.8) is 0 Å². The molecule has 7 heteroatoms. The lowest BCUT2D eigenvalue weighted by Crippen LogP contribution is -2.44. The summed E-state index contributed by atoms with van der Waals surface area (Å²) in [5, 5.41) is 8.29. The number of rotatable bonds is 6. The number of nitrogens with one attached hydrogen (secondary N) is 2. The van der Waals surface area contributed by atoms with E-state index < -0.39 is 0 Å². The van der Waals surface area contributed by atoms with Crippen molar-refractivity contribution in [1.82, 2.24) is 15.5 Å². The summed E-state index contributed by atoms with van der Waals surface area (Å²) in [4.78, 5) is 16.5. The zero-order chi connectivity index (χ0) is 21.6. The second-order valence-corrected chi connectivity index (χ2v) is 9.56. The molecule has 2 aromatic rings. The van der Waals surface area contributed by atoms with Crippen molar-refractivity contribution >= 4 is 17.4 Å². The minimum atomic E-state index is -0.147. The number of thiophene rings is 1. The Morgan fingerprint density at radius 1 is 1.19 bits per heavy atom. The van der Waals surface area contributed by atoms with Crippen molar-refractivity contribution < 1.29 is 14.3 Å². The highest BCUT2D eigenvalue weighted by atomic mass is 32.1. The first kappa shape index (κ1) is 22.0. The van der Waals surface area contributed by atoms with Crippen LogP contribution >= 0.6 is 11.3 Å². The minimum absolute atomic E-state index is 0.131. The van der Waals surface area contributed by atoms with Crippen molar-refractivity contribution in [1.29, 1.82) is 0 Å². The standard InChI is InChI=1S/C24H33N3O3S/c1-17-8-10-27(11-9-17)20(23-5-3-14-31-23)16-25-24(28)26-18(2)19-6-7-21-22(15-19)30-13-4-12-29-21/h3,5-7,14-15,17-18,20H,4,8-13,16H2,1-2H3,(H2,25,26,28). The van der Waals surface area contributed by atoms with Gasteiger partial charge in [-0.1, -0.05) is 19.1 Å². The Kier molecular flexibility index (Phi) is 7.35. The van der Waals surface area contributed by atoms with Crippen molar-refractivity contribution in [3.8, 4) is 11.5 Å². The first-order valence-corrected chi connectivity index (χ1v) is 12.2. The van der Waals surface area contributed by atoms with Gasteiger partial charge < -0.3 is 20.1 Å². The maximum atomic E-state index is 12.7. The Balaban J connectivity index is 1.34. The molecule has 1 saturated heterocycles. The monoisotopic (exact) mass is 443 g/mol. The number of hydrogen-bond acceptors (Lipinski definition) is 5. The molecule has 31 heavy (non-hydrogen) atoms. The molecule has 0 saturated carbocycles. The van der Waals surface area contributed by atoms with Crippen LogP contribution in [0, 0.1) is 5.92 Å². The molecule has 168 valence electrons. The molecule has 1 fully saturated rings. The normalized spacial score (nSPS) is 19.3. The van der Waals surface area contributed by atoms with E-state index in [1.165, 1.54) is 17.7 Å². The molecule has 2 atom stereocenters. The van der Waals surface area contributed by atoms with Gasteiger partial charge in [-0.2, -0.15) is 0 Å². The highest BCUT2D eigenvalue weighted by Crippen LogP contribution is 2.32. The van der Waals surface area contributed by atoms with E-state index in [1.807, 2.05) is 25.1 Å². The molecule has 2 N–H and O–H groups in total. The fourth-order valence-electron chi connectivity index (χ4n) is 4.20. The van der Waals surface area contributed by atoms with E-state index in [0.29, 0.717) is 19.8 Å². The van der Waals surface area contributed by atoms with Gasteiger partial charge in [0.1, 0.15) is 0 Å². The van der Waals surface area contributed by atoms with Gasteiger partial charge in [-0.25, -0.2) is 4.79 Å². The average Bonchev–Trinajstić information content (AvgIpc) is 3.19. The summed E-state index contributed by atoms with van der Waals surface area (Å²) < 4.78 is 11.5. The summed E-state index contributed by atoms with van der Waals surface area (Å²) in [5.74, 6) is 2.31. The average molecular weight is 444 g/mol. The number of carbonyl (C=O) groups is 1. The number of nitrogens with zero attached hydrogens (tertiary/aromatic N) is 1. The lowest BCUT2D eigenvalue weighted by molar-refractivity contribution is 0.138. The van der Waals surface area contributed by atoms with Gasteiger partial charge in [0.05, 0.1) is 25.3 Å². The predicted molar refractivity (Wildman–Crippen MR) is 124 cm³/mol. The first-order valence-electron chi connectivity index (χ1n) is 11.3. The molecule has 0 bridgehead atoms.